The molecule has 1 atom stereocenters. The lowest BCUT2D eigenvalue weighted by atomic mass is 10.1. The van der Waals surface area contributed by atoms with Crippen molar-refractivity contribution in [3.05, 3.63) is 89.2 Å². The number of carbonyl (C=O) groups is 2. The molecule has 0 aliphatic carbocycles. The highest BCUT2D eigenvalue weighted by Gasteiger charge is 2.22. The van der Waals surface area contributed by atoms with Crippen LogP contribution in [0.3, 0.4) is 0 Å². The molecule has 0 spiro atoms. The summed E-state index contributed by atoms with van der Waals surface area (Å²) in [4.78, 5) is 25.2. The molecule has 3 aromatic carbocycles. The summed E-state index contributed by atoms with van der Waals surface area (Å²) in [7, 11) is 0. The van der Waals surface area contributed by atoms with Gasteiger partial charge in [0.2, 0.25) is 11.8 Å². The molecule has 0 fully saturated rings. The Morgan fingerprint density at radius 1 is 0.931 bits per heavy atom. The third-order valence-electron chi connectivity index (χ3n) is 3.94. The number of thioether (sulfide) groups is 1. The highest BCUT2D eigenvalue weighted by molar-refractivity contribution is 8.00. The molecule has 3 rings (SSSR count). The first-order chi connectivity index (χ1) is 13.9. The summed E-state index contributed by atoms with van der Waals surface area (Å²) in [5.41, 5.74) is 1.88. The number of amides is 2. The van der Waals surface area contributed by atoms with Crippen LogP contribution in [0.1, 0.15) is 17.7 Å². The van der Waals surface area contributed by atoms with Crippen LogP contribution in [-0.4, -0.2) is 11.8 Å². The average Bonchev–Trinajstić information content (AvgIpc) is 2.69. The molecule has 0 aliphatic heterocycles. The zero-order chi connectivity index (χ0) is 20.8. The van der Waals surface area contributed by atoms with E-state index in [4.69, 9.17) is 11.6 Å². The van der Waals surface area contributed by atoms with Gasteiger partial charge in [-0.15, -0.1) is 11.8 Å². The van der Waals surface area contributed by atoms with Crippen molar-refractivity contribution in [3.63, 3.8) is 0 Å². The van der Waals surface area contributed by atoms with Gasteiger partial charge in [0.1, 0.15) is 11.1 Å². The van der Waals surface area contributed by atoms with Crippen LogP contribution in [0.15, 0.2) is 77.7 Å². The van der Waals surface area contributed by atoms with Gasteiger partial charge in [-0.05, 0) is 42.0 Å². The highest BCUT2D eigenvalue weighted by atomic mass is 35.5. The largest absolute Gasteiger partial charge is 0.326 e. The number of halogens is 2. The normalized spacial score (nSPS) is 11.6. The molecular weight excluding hydrogens is 411 g/mol. The Morgan fingerprint density at radius 3 is 2.34 bits per heavy atom. The predicted molar refractivity (Wildman–Crippen MR) is 116 cm³/mol. The molecule has 29 heavy (non-hydrogen) atoms. The number of anilines is 2. The monoisotopic (exact) mass is 428 g/mol. The van der Waals surface area contributed by atoms with E-state index in [1.54, 1.807) is 6.07 Å². The minimum Gasteiger partial charge on any atom is -0.326 e. The van der Waals surface area contributed by atoms with E-state index < -0.39 is 11.1 Å². The van der Waals surface area contributed by atoms with E-state index in [0.29, 0.717) is 11.4 Å². The van der Waals surface area contributed by atoms with Crippen molar-refractivity contribution >= 4 is 46.6 Å². The van der Waals surface area contributed by atoms with Gasteiger partial charge in [-0.25, -0.2) is 4.39 Å². The second-order valence-corrected chi connectivity index (χ2v) is 7.82. The average molecular weight is 429 g/mol. The summed E-state index contributed by atoms with van der Waals surface area (Å²) in [6.45, 7) is 1.44. The van der Waals surface area contributed by atoms with Crippen molar-refractivity contribution < 1.29 is 14.0 Å². The third-order valence-corrected chi connectivity index (χ3v) is 5.47. The molecule has 7 heteroatoms. The fourth-order valence-corrected chi connectivity index (χ4v) is 3.93. The summed E-state index contributed by atoms with van der Waals surface area (Å²) in [5.74, 6) is -0.986. The smallest absolute Gasteiger partial charge is 0.242 e. The van der Waals surface area contributed by atoms with Crippen molar-refractivity contribution in [1.82, 2.24) is 0 Å². The molecule has 0 radical (unpaired) electrons. The number of hydrogen-bond acceptors (Lipinski definition) is 3. The minimum atomic E-state index is -0.562. The fraction of sp³-hybridized carbons (Fsp3) is 0.0909. The van der Waals surface area contributed by atoms with E-state index in [1.165, 1.54) is 36.9 Å². The van der Waals surface area contributed by atoms with E-state index in [0.717, 1.165) is 10.5 Å². The zero-order valence-corrected chi connectivity index (χ0v) is 17.1. The van der Waals surface area contributed by atoms with Gasteiger partial charge in [0.25, 0.3) is 0 Å². The third kappa shape index (κ3) is 5.82. The lowest BCUT2D eigenvalue weighted by molar-refractivity contribution is -0.116. The van der Waals surface area contributed by atoms with E-state index in [1.807, 2.05) is 48.5 Å². The molecule has 4 nitrogen and oxygen atoms in total. The summed E-state index contributed by atoms with van der Waals surface area (Å²) in [6, 6.07) is 20.6. The number of carbonyl (C=O) groups excluding carboxylic acids is 2. The maximum absolute atomic E-state index is 13.4. The standard InChI is InChI=1S/C22H18ClFN2O2S/c1-14(27)25-16-8-5-9-18(12-16)29-21(15-6-3-2-4-7-15)22(28)26-17-10-11-20(24)19(23)13-17/h2-13,21H,1H3,(H,25,27)(H,26,28). The van der Waals surface area contributed by atoms with Crippen molar-refractivity contribution in [1.29, 1.82) is 0 Å². The van der Waals surface area contributed by atoms with Crippen LogP contribution in [0.25, 0.3) is 0 Å². The Hall–Kier alpha value is -2.83. The van der Waals surface area contributed by atoms with Gasteiger partial charge in [-0.3, -0.25) is 9.59 Å². The Bertz CT molecular complexity index is 1030. The number of benzene rings is 3. The summed E-state index contributed by atoms with van der Waals surface area (Å²) in [6.07, 6.45) is 0. The lowest BCUT2D eigenvalue weighted by Gasteiger charge is -2.18. The molecule has 3 aromatic rings. The molecule has 0 heterocycles. The van der Waals surface area contributed by atoms with Crippen LogP contribution >= 0.6 is 23.4 Å². The van der Waals surface area contributed by atoms with Gasteiger partial charge in [0, 0.05) is 23.2 Å². The van der Waals surface area contributed by atoms with Crippen LogP contribution in [0.4, 0.5) is 15.8 Å². The Morgan fingerprint density at radius 2 is 1.66 bits per heavy atom. The highest BCUT2D eigenvalue weighted by Crippen LogP contribution is 2.37. The van der Waals surface area contributed by atoms with Crippen molar-refractivity contribution in [2.24, 2.45) is 0 Å². The molecule has 1 unspecified atom stereocenters. The topological polar surface area (TPSA) is 58.2 Å². The quantitative estimate of drug-likeness (QED) is 0.480. The second kappa shape index (κ2) is 9.58. The molecule has 0 saturated carbocycles. The first-order valence-electron chi connectivity index (χ1n) is 8.77. The lowest BCUT2D eigenvalue weighted by Crippen LogP contribution is -2.19. The van der Waals surface area contributed by atoms with E-state index >= 15 is 0 Å². The van der Waals surface area contributed by atoms with Crippen molar-refractivity contribution in [3.8, 4) is 0 Å². The van der Waals surface area contributed by atoms with Gasteiger partial charge in [0.05, 0.1) is 5.02 Å². The van der Waals surface area contributed by atoms with Crippen LogP contribution < -0.4 is 10.6 Å². The Kier molecular flexibility index (Phi) is 6.90. The van der Waals surface area contributed by atoms with E-state index in [9.17, 15) is 14.0 Å². The van der Waals surface area contributed by atoms with Gasteiger partial charge in [-0.1, -0.05) is 48.0 Å². The first-order valence-corrected chi connectivity index (χ1v) is 10.0. The molecule has 0 bridgehead atoms. The first kappa shape index (κ1) is 20.9. The SMILES string of the molecule is CC(=O)Nc1cccc(SC(C(=O)Nc2ccc(F)c(Cl)c2)c2ccccc2)c1. The van der Waals surface area contributed by atoms with Crippen LogP contribution in [0, 0.1) is 5.82 Å². The van der Waals surface area contributed by atoms with Gasteiger partial charge in [-0.2, -0.15) is 0 Å². The maximum atomic E-state index is 13.4. The summed E-state index contributed by atoms with van der Waals surface area (Å²) in [5, 5.41) is 4.91. The van der Waals surface area contributed by atoms with Crippen LogP contribution in [0.2, 0.25) is 5.02 Å². The number of hydrogen-bond donors (Lipinski definition) is 2. The van der Waals surface area contributed by atoms with Gasteiger partial charge in [0.15, 0.2) is 0 Å². The Balaban J connectivity index is 1.86. The van der Waals surface area contributed by atoms with Gasteiger partial charge >= 0.3 is 0 Å². The zero-order valence-electron chi connectivity index (χ0n) is 15.5. The van der Waals surface area contributed by atoms with Crippen molar-refractivity contribution in [2.75, 3.05) is 10.6 Å². The number of nitrogens with one attached hydrogen (secondary N) is 2. The summed E-state index contributed by atoms with van der Waals surface area (Å²) < 4.78 is 13.4. The maximum Gasteiger partial charge on any atom is 0.242 e. The fourth-order valence-electron chi connectivity index (χ4n) is 2.67. The van der Waals surface area contributed by atoms with Crippen LogP contribution in [0.5, 0.6) is 0 Å². The molecule has 2 amide bonds. The Labute approximate surface area is 177 Å². The van der Waals surface area contributed by atoms with Crippen LogP contribution in [-0.2, 0) is 9.59 Å². The molecule has 0 aromatic heterocycles. The number of rotatable bonds is 6. The van der Waals surface area contributed by atoms with Gasteiger partial charge < -0.3 is 10.6 Å². The summed E-state index contributed by atoms with van der Waals surface area (Å²) >= 11 is 7.16. The molecule has 0 saturated heterocycles. The molecule has 2 N–H and O–H groups in total. The second-order valence-electron chi connectivity index (χ2n) is 6.24. The van der Waals surface area contributed by atoms with E-state index in [-0.39, 0.29) is 16.8 Å². The minimum absolute atomic E-state index is 0.0604. The molecule has 148 valence electrons. The van der Waals surface area contributed by atoms with E-state index in [2.05, 4.69) is 10.6 Å². The van der Waals surface area contributed by atoms with Crippen molar-refractivity contribution in [2.45, 2.75) is 17.1 Å². The molecular formula is C22H18ClFN2O2S. The molecule has 0 aliphatic rings. The predicted octanol–water partition coefficient (Wildman–Crippen LogP) is 5.91.